The molecule has 1 unspecified atom stereocenters. The number of rotatable bonds is 5. The highest BCUT2D eigenvalue weighted by Gasteiger charge is 2.20. The third kappa shape index (κ3) is 4.96. The number of hydrogen-bond acceptors (Lipinski definition) is 4. The molecule has 0 fully saturated rings. The van der Waals surface area contributed by atoms with Gasteiger partial charge in [0, 0.05) is 16.3 Å². The van der Waals surface area contributed by atoms with Crippen LogP contribution in [-0.2, 0) is 9.53 Å². The Balaban J connectivity index is 1.63. The van der Waals surface area contributed by atoms with Crippen LogP contribution in [0.5, 0.6) is 0 Å². The molecule has 0 radical (unpaired) electrons. The summed E-state index contributed by atoms with van der Waals surface area (Å²) in [4.78, 5) is 32.3. The highest BCUT2D eigenvalue weighted by Crippen LogP contribution is 2.25. The molecular formula is C21H19Cl2N3O3. The predicted octanol–water partition coefficient (Wildman–Crippen LogP) is 5.18. The van der Waals surface area contributed by atoms with Crippen LogP contribution in [0.25, 0.3) is 11.4 Å². The average Bonchev–Trinajstić information content (AvgIpc) is 3.02. The van der Waals surface area contributed by atoms with E-state index in [1.165, 1.54) is 13.0 Å². The fourth-order valence-electron chi connectivity index (χ4n) is 2.56. The van der Waals surface area contributed by atoms with Crippen LogP contribution in [0.3, 0.4) is 0 Å². The number of carbonyl (C=O) groups excluding carboxylic acids is 2. The van der Waals surface area contributed by atoms with Crippen molar-refractivity contribution in [2.24, 2.45) is 0 Å². The zero-order valence-corrected chi connectivity index (χ0v) is 17.6. The van der Waals surface area contributed by atoms with Crippen molar-refractivity contribution in [3.63, 3.8) is 0 Å². The van der Waals surface area contributed by atoms with E-state index < -0.39 is 18.0 Å². The molecule has 29 heavy (non-hydrogen) atoms. The third-order valence-electron chi connectivity index (χ3n) is 4.36. The molecule has 1 aromatic heterocycles. The van der Waals surface area contributed by atoms with E-state index in [4.69, 9.17) is 27.9 Å². The van der Waals surface area contributed by atoms with Gasteiger partial charge in [-0.05, 0) is 51.1 Å². The van der Waals surface area contributed by atoms with Crippen LogP contribution >= 0.6 is 23.2 Å². The molecule has 0 aliphatic rings. The van der Waals surface area contributed by atoms with Crippen molar-refractivity contribution in [2.45, 2.75) is 26.9 Å². The van der Waals surface area contributed by atoms with E-state index in [1.54, 1.807) is 36.4 Å². The average molecular weight is 432 g/mol. The summed E-state index contributed by atoms with van der Waals surface area (Å²) in [6, 6.07) is 11.5. The third-order valence-corrected chi connectivity index (χ3v) is 4.91. The van der Waals surface area contributed by atoms with Crippen LogP contribution < -0.4 is 5.32 Å². The van der Waals surface area contributed by atoms with Crippen LogP contribution in [-0.4, -0.2) is 27.9 Å². The van der Waals surface area contributed by atoms with Crippen LogP contribution in [0.15, 0.2) is 42.5 Å². The van der Waals surface area contributed by atoms with Crippen LogP contribution in [0.2, 0.25) is 10.0 Å². The largest absolute Gasteiger partial charge is 0.449 e. The topological polar surface area (TPSA) is 84.1 Å². The molecule has 0 bridgehead atoms. The second-order valence-electron chi connectivity index (χ2n) is 6.53. The van der Waals surface area contributed by atoms with Gasteiger partial charge >= 0.3 is 5.97 Å². The fourth-order valence-corrected chi connectivity index (χ4v) is 3.01. The summed E-state index contributed by atoms with van der Waals surface area (Å²) in [6.07, 6.45) is -1.01. The minimum Gasteiger partial charge on any atom is -0.449 e. The van der Waals surface area contributed by atoms with E-state index in [0.717, 1.165) is 22.8 Å². The number of nitrogens with zero attached hydrogens (tertiary/aromatic N) is 1. The highest BCUT2D eigenvalue weighted by molar-refractivity contribution is 6.36. The maximum Gasteiger partial charge on any atom is 0.338 e. The summed E-state index contributed by atoms with van der Waals surface area (Å²) in [7, 11) is 0. The van der Waals surface area contributed by atoms with E-state index in [-0.39, 0.29) is 0 Å². The number of aromatic amines is 1. The molecule has 150 valence electrons. The molecule has 0 spiro atoms. The van der Waals surface area contributed by atoms with Gasteiger partial charge in [0.05, 0.1) is 22.0 Å². The lowest BCUT2D eigenvalue weighted by Gasteiger charge is -2.14. The van der Waals surface area contributed by atoms with Gasteiger partial charge in [0.25, 0.3) is 5.91 Å². The predicted molar refractivity (Wildman–Crippen MR) is 113 cm³/mol. The quantitative estimate of drug-likeness (QED) is 0.544. The normalized spacial score (nSPS) is 11.8. The molecule has 8 heteroatoms. The zero-order chi connectivity index (χ0) is 21.1. The number of nitrogens with one attached hydrogen (secondary N) is 2. The summed E-state index contributed by atoms with van der Waals surface area (Å²) in [5.74, 6) is -0.374. The first-order chi connectivity index (χ1) is 13.7. The number of hydrogen-bond donors (Lipinski definition) is 2. The van der Waals surface area contributed by atoms with Crippen molar-refractivity contribution in [1.29, 1.82) is 0 Å². The molecular weight excluding hydrogens is 413 g/mol. The van der Waals surface area contributed by atoms with Gasteiger partial charge in [-0.15, -0.1) is 0 Å². The van der Waals surface area contributed by atoms with E-state index in [2.05, 4.69) is 15.3 Å². The van der Waals surface area contributed by atoms with Crippen LogP contribution in [0.4, 0.5) is 5.69 Å². The van der Waals surface area contributed by atoms with Crippen molar-refractivity contribution in [1.82, 2.24) is 9.97 Å². The van der Waals surface area contributed by atoms with Gasteiger partial charge in [-0.1, -0.05) is 35.3 Å². The Morgan fingerprint density at radius 1 is 1.10 bits per heavy atom. The second kappa shape index (κ2) is 8.68. The summed E-state index contributed by atoms with van der Waals surface area (Å²) in [5.41, 5.74) is 3.48. The molecule has 0 aliphatic carbocycles. The van der Waals surface area contributed by atoms with E-state index in [9.17, 15) is 9.59 Å². The van der Waals surface area contributed by atoms with Crippen LogP contribution in [0, 0.1) is 13.8 Å². The Hall–Kier alpha value is -2.83. The Bertz CT molecular complexity index is 1040. The van der Waals surface area contributed by atoms with Gasteiger partial charge in [-0.3, -0.25) is 4.79 Å². The van der Waals surface area contributed by atoms with Crippen molar-refractivity contribution in [3.05, 3.63) is 69.5 Å². The highest BCUT2D eigenvalue weighted by atomic mass is 35.5. The molecule has 2 aromatic carbocycles. The van der Waals surface area contributed by atoms with Gasteiger partial charge in [-0.25, -0.2) is 9.78 Å². The van der Waals surface area contributed by atoms with Gasteiger partial charge in [0.15, 0.2) is 6.10 Å². The number of esters is 1. The number of carbonyl (C=O) groups is 2. The fraction of sp³-hybridized carbons (Fsp3) is 0.190. The van der Waals surface area contributed by atoms with Gasteiger partial charge in [-0.2, -0.15) is 0 Å². The lowest BCUT2D eigenvalue weighted by atomic mass is 10.1. The number of anilines is 1. The Morgan fingerprint density at radius 3 is 2.38 bits per heavy atom. The molecule has 0 aliphatic heterocycles. The second-order valence-corrected chi connectivity index (χ2v) is 7.38. The number of aryl methyl sites for hydroxylation is 2. The first kappa shape index (κ1) is 20.9. The van der Waals surface area contributed by atoms with Crippen molar-refractivity contribution in [3.8, 4) is 11.4 Å². The minimum atomic E-state index is -1.01. The number of ether oxygens (including phenoxy) is 1. The van der Waals surface area contributed by atoms with Gasteiger partial charge in [0.2, 0.25) is 0 Å². The van der Waals surface area contributed by atoms with Crippen LogP contribution in [0.1, 0.15) is 28.7 Å². The van der Waals surface area contributed by atoms with E-state index in [1.807, 2.05) is 13.8 Å². The van der Waals surface area contributed by atoms with Crippen molar-refractivity contribution < 1.29 is 14.3 Å². The maximum absolute atomic E-state index is 12.4. The number of halogens is 2. The lowest BCUT2D eigenvalue weighted by Crippen LogP contribution is -2.30. The first-order valence-electron chi connectivity index (χ1n) is 8.85. The van der Waals surface area contributed by atoms with E-state index >= 15 is 0 Å². The van der Waals surface area contributed by atoms with Gasteiger partial charge < -0.3 is 15.0 Å². The zero-order valence-electron chi connectivity index (χ0n) is 16.0. The van der Waals surface area contributed by atoms with E-state index in [0.29, 0.717) is 21.3 Å². The molecule has 2 N–H and O–H groups in total. The monoisotopic (exact) mass is 431 g/mol. The van der Waals surface area contributed by atoms with Gasteiger partial charge in [0.1, 0.15) is 5.82 Å². The summed E-state index contributed by atoms with van der Waals surface area (Å²) < 4.78 is 5.26. The summed E-state index contributed by atoms with van der Waals surface area (Å²) >= 11 is 11.9. The Morgan fingerprint density at radius 2 is 1.79 bits per heavy atom. The van der Waals surface area contributed by atoms with Crippen molar-refractivity contribution in [2.75, 3.05) is 5.32 Å². The number of amides is 1. The molecule has 1 atom stereocenters. The first-order valence-corrected chi connectivity index (χ1v) is 9.60. The number of H-pyrrole nitrogens is 1. The minimum absolute atomic E-state index is 0.295. The van der Waals surface area contributed by atoms with Crippen molar-refractivity contribution >= 4 is 40.8 Å². The molecule has 1 amide bonds. The molecule has 0 saturated carbocycles. The summed E-state index contributed by atoms with van der Waals surface area (Å²) in [5, 5.41) is 3.36. The molecule has 3 rings (SSSR count). The summed E-state index contributed by atoms with van der Waals surface area (Å²) in [6.45, 7) is 5.35. The molecule has 6 nitrogen and oxygen atoms in total. The Labute approximate surface area is 178 Å². The standard InChI is InChI=1S/C21H19Cl2N3O3/c1-11-12(2)25-19(24-11)14-4-6-15(7-5-14)21(28)29-13(3)20(27)26-18-9-8-16(22)10-17(18)23/h4-10,13H,1-3H3,(H,24,25)(H,26,27). The number of imidazole rings is 1. The molecule has 0 saturated heterocycles. The number of aromatic nitrogens is 2. The molecule has 3 aromatic rings. The Kier molecular flexibility index (Phi) is 6.25. The molecule has 1 heterocycles. The number of benzene rings is 2. The lowest BCUT2D eigenvalue weighted by molar-refractivity contribution is -0.123. The SMILES string of the molecule is Cc1nc(-c2ccc(C(=O)OC(C)C(=O)Nc3ccc(Cl)cc3Cl)cc2)[nH]c1C. The maximum atomic E-state index is 12.4. The smallest absolute Gasteiger partial charge is 0.338 e.